The van der Waals surface area contributed by atoms with Gasteiger partial charge in [-0.3, -0.25) is 9.59 Å². The summed E-state index contributed by atoms with van der Waals surface area (Å²) in [5.74, 6) is -5.38. The number of piperidine rings is 1. The highest BCUT2D eigenvalue weighted by Crippen LogP contribution is 2.29. The molecule has 1 fully saturated rings. The van der Waals surface area contributed by atoms with Gasteiger partial charge in [-0.25, -0.2) is 0 Å². The first-order valence-electron chi connectivity index (χ1n) is 5.00. The van der Waals surface area contributed by atoms with Gasteiger partial charge >= 0.3 is 18.3 Å². The Labute approximate surface area is 97.7 Å². The van der Waals surface area contributed by atoms with Crippen LogP contribution in [0.4, 0.5) is 26.3 Å². The van der Waals surface area contributed by atoms with Crippen molar-refractivity contribution < 1.29 is 35.9 Å². The molecule has 0 N–H and O–H groups in total. The van der Waals surface area contributed by atoms with Crippen LogP contribution in [0.1, 0.15) is 12.8 Å². The summed E-state index contributed by atoms with van der Waals surface area (Å²) in [6.07, 6.45) is -10.8. The lowest BCUT2D eigenvalue weighted by atomic mass is 9.92. The van der Waals surface area contributed by atoms with Crippen LogP contribution in [0, 0.1) is 5.92 Å². The Bertz CT molecular complexity index is 306. The molecule has 1 rings (SSSR count). The highest BCUT2D eigenvalue weighted by atomic mass is 19.4. The number of carbonyl (C=O) groups excluding carboxylic acids is 2. The van der Waals surface area contributed by atoms with Gasteiger partial charge in [0.25, 0.3) is 0 Å². The second kappa shape index (κ2) is 4.77. The van der Waals surface area contributed by atoms with Crippen molar-refractivity contribution in [3.63, 3.8) is 0 Å². The highest BCUT2D eigenvalue weighted by molar-refractivity contribution is 5.87. The van der Waals surface area contributed by atoms with Crippen LogP contribution >= 0.6 is 0 Å². The van der Waals surface area contributed by atoms with E-state index in [1.54, 1.807) is 0 Å². The van der Waals surface area contributed by atoms with Crippen LogP contribution in [0.25, 0.3) is 0 Å². The summed E-state index contributed by atoms with van der Waals surface area (Å²) in [6.45, 7) is -0.990. The summed E-state index contributed by atoms with van der Waals surface area (Å²) in [5, 5.41) is 0. The lowest BCUT2D eigenvalue weighted by molar-refractivity contribution is -0.188. The van der Waals surface area contributed by atoms with E-state index in [2.05, 4.69) is 0 Å². The molecule has 0 unspecified atom stereocenters. The van der Waals surface area contributed by atoms with Crippen LogP contribution in [-0.2, 0) is 9.59 Å². The molecular weight excluding hydrogens is 268 g/mol. The predicted molar refractivity (Wildman–Crippen MR) is 46.4 cm³/mol. The van der Waals surface area contributed by atoms with Gasteiger partial charge in [0.1, 0.15) is 0 Å². The van der Waals surface area contributed by atoms with Gasteiger partial charge in [-0.15, -0.1) is 0 Å². The van der Waals surface area contributed by atoms with Gasteiger partial charge in [-0.1, -0.05) is 0 Å². The van der Waals surface area contributed by atoms with E-state index in [9.17, 15) is 35.9 Å². The zero-order valence-corrected chi connectivity index (χ0v) is 8.94. The van der Waals surface area contributed by atoms with Crippen molar-refractivity contribution in [1.82, 2.24) is 4.90 Å². The fraction of sp³-hybridized carbons (Fsp3) is 0.778. The van der Waals surface area contributed by atoms with Gasteiger partial charge in [-0.05, 0) is 12.8 Å². The third-order valence-corrected chi connectivity index (χ3v) is 2.67. The van der Waals surface area contributed by atoms with E-state index < -0.39 is 55.9 Å². The summed E-state index contributed by atoms with van der Waals surface area (Å²) in [7, 11) is 0. The normalized spacial score (nSPS) is 18.9. The summed E-state index contributed by atoms with van der Waals surface area (Å²) >= 11 is 0. The van der Waals surface area contributed by atoms with Crippen LogP contribution in [0.15, 0.2) is 0 Å². The van der Waals surface area contributed by atoms with E-state index in [1.165, 1.54) is 0 Å². The van der Waals surface area contributed by atoms with E-state index >= 15 is 0 Å². The lowest BCUT2D eigenvalue weighted by Crippen LogP contribution is -2.47. The topological polar surface area (TPSA) is 37.4 Å². The standard InChI is InChI=1S/C9H9F6NO2/c10-8(11,12)6(17)5-1-3-16(4-2-5)7(18)9(13,14)15/h5H,1-4H2. The second-order valence-electron chi connectivity index (χ2n) is 3.93. The molecule has 0 saturated carbocycles. The monoisotopic (exact) mass is 277 g/mol. The Morgan fingerprint density at radius 2 is 1.33 bits per heavy atom. The van der Waals surface area contributed by atoms with Crippen LogP contribution in [0.2, 0.25) is 0 Å². The van der Waals surface area contributed by atoms with Crippen molar-refractivity contribution in [3.05, 3.63) is 0 Å². The van der Waals surface area contributed by atoms with Crippen molar-refractivity contribution in [2.75, 3.05) is 13.1 Å². The van der Waals surface area contributed by atoms with Gasteiger partial charge < -0.3 is 4.90 Å². The maximum atomic E-state index is 12.1. The predicted octanol–water partition coefficient (Wildman–Crippen LogP) is 1.92. The number of rotatable bonds is 1. The van der Waals surface area contributed by atoms with E-state index in [4.69, 9.17) is 0 Å². The van der Waals surface area contributed by atoms with Crippen molar-refractivity contribution in [2.24, 2.45) is 5.92 Å². The maximum absolute atomic E-state index is 12.1. The number of alkyl halides is 6. The molecule has 0 aromatic heterocycles. The third-order valence-electron chi connectivity index (χ3n) is 2.67. The van der Waals surface area contributed by atoms with E-state index in [0.717, 1.165) is 0 Å². The van der Waals surface area contributed by atoms with Crippen molar-refractivity contribution >= 4 is 11.7 Å². The van der Waals surface area contributed by atoms with Crippen molar-refractivity contribution in [2.45, 2.75) is 25.2 Å². The van der Waals surface area contributed by atoms with Crippen molar-refractivity contribution in [1.29, 1.82) is 0 Å². The molecule has 18 heavy (non-hydrogen) atoms. The van der Waals surface area contributed by atoms with E-state index in [-0.39, 0.29) is 0 Å². The number of Topliss-reactive ketones (excluding diaryl/α,β-unsaturated/α-hetero) is 1. The summed E-state index contributed by atoms with van der Waals surface area (Å²) < 4.78 is 72.3. The van der Waals surface area contributed by atoms with E-state index in [1.807, 2.05) is 0 Å². The van der Waals surface area contributed by atoms with Gasteiger partial charge in [0.2, 0.25) is 5.78 Å². The van der Waals surface area contributed by atoms with Crippen molar-refractivity contribution in [3.8, 4) is 0 Å². The fourth-order valence-electron chi connectivity index (χ4n) is 1.76. The molecule has 0 bridgehead atoms. The van der Waals surface area contributed by atoms with Gasteiger partial charge in [0.05, 0.1) is 0 Å². The summed E-state index contributed by atoms with van der Waals surface area (Å²) in [6, 6.07) is 0. The van der Waals surface area contributed by atoms with Gasteiger partial charge in [0, 0.05) is 19.0 Å². The molecule has 0 spiro atoms. The SMILES string of the molecule is O=C(C1CCN(C(=O)C(F)(F)F)CC1)C(F)(F)F. The molecule has 0 aromatic rings. The first-order chi connectivity index (χ1) is 8.03. The number of hydrogen-bond acceptors (Lipinski definition) is 2. The van der Waals surface area contributed by atoms with E-state index in [0.29, 0.717) is 4.90 Å². The Hall–Kier alpha value is -1.28. The Morgan fingerprint density at radius 1 is 0.889 bits per heavy atom. The lowest BCUT2D eigenvalue weighted by Gasteiger charge is -2.31. The summed E-state index contributed by atoms with van der Waals surface area (Å²) in [5.41, 5.74) is 0. The number of halogens is 6. The summed E-state index contributed by atoms with van der Waals surface area (Å²) in [4.78, 5) is 22.0. The minimum atomic E-state index is -5.04. The Kier molecular flexibility index (Phi) is 3.92. The van der Waals surface area contributed by atoms with Gasteiger partial charge in [-0.2, -0.15) is 26.3 Å². The molecular formula is C9H9F6NO2. The molecule has 1 amide bonds. The maximum Gasteiger partial charge on any atom is 0.471 e. The number of amides is 1. The largest absolute Gasteiger partial charge is 0.471 e. The van der Waals surface area contributed by atoms with Crippen LogP contribution in [0.3, 0.4) is 0 Å². The Balaban J connectivity index is 2.57. The smallest absolute Gasteiger partial charge is 0.335 e. The average molecular weight is 277 g/mol. The van der Waals surface area contributed by atoms with Crippen LogP contribution in [0.5, 0.6) is 0 Å². The molecule has 1 aliphatic rings. The number of ketones is 1. The molecule has 3 nitrogen and oxygen atoms in total. The molecule has 0 aliphatic carbocycles. The minimum Gasteiger partial charge on any atom is -0.335 e. The highest BCUT2D eigenvalue weighted by Gasteiger charge is 2.47. The fourth-order valence-corrected chi connectivity index (χ4v) is 1.76. The van der Waals surface area contributed by atoms with Crippen LogP contribution < -0.4 is 0 Å². The number of carbonyl (C=O) groups is 2. The average Bonchev–Trinajstić information content (AvgIpc) is 2.25. The number of nitrogens with zero attached hydrogens (tertiary/aromatic N) is 1. The first kappa shape index (κ1) is 14.8. The number of hydrogen-bond donors (Lipinski definition) is 0. The minimum absolute atomic E-state index is 0.403. The molecule has 0 radical (unpaired) electrons. The molecule has 9 heteroatoms. The zero-order valence-electron chi connectivity index (χ0n) is 8.94. The zero-order chi connectivity index (χ0) is 14.1. The quantitative estimate of drug-likeness (QED) is 0.687. The third kappa shape index (κ3) is 3.36. The molecule has 1 aliphatic heterocycles. The number of likely N-dealkylation sites (tertiary alicyclic amines) is 1. The second-order valence-corrected chi connectivity index (χ2v) is 3.93. The molecule has 1 saturated heterocycles. The molecule has 0 aromatic carbocycles. The van der Waals surface area contributed by atoms with Crippen LogP contribution in [-0.4, -0.2) is 42.0 Å². The molecule has 0 atom stereocenters. The van der Waals surface area contributed by atoms with Gasteiger partial charge in [0.15, 0.2) is 0 Å². The first-order valence-corrected chi connectivity index (χ1v) is 5.00. The molecule has 104 valence electrons. The molecule has 1 heterocycles. The Morgan fingerprint density at radius 3 is 1.67 bits per heavy atom.